The summed E-state index contributed by atoms with van der Waals surface area (Å²) in [5.74, 6) is 0. The van der Waals surface area contributed by atoms with Crippen LogP contribution in [0.2, 0.25) is 0 Å². The van der Waals surface area contributed by atoms with Gasteiger partial charge in [-0.05, 0) is 6.42 Å². The molecule has 8 heteroatoms. The molecule has 8 nitrogen and oxygen atoms in total. The maximum Gasteiger partial charge on any atom is 0.0701 e. The van der Waals surface area contributed by atoms with Crippen molar-refractivity contribution in [3.8, 4) is 0 Å². The summed E-state index contributed by atoms with van der Waals surface area (Å²) in [4.78, 5) is 2.33. The zero-order valence-corrected chi connectivity index (χ0v) is 20.4. The molecular weight excluding hydrogens is 402 g/mol. The fraction of sp³-hybridized carbons (Fsp3) is 1.00. The molecule has 0 heterocycles. The Morgan fingerprint density at radius 2 is 0.806 bits per heavy atom. The van der Waals surface area contributed by atoms with Crippen LogP contribution < -0.4 is 0 Å². The molecular formula is C23H49NO7. The van der Waals surface area contributed by atoms with Gasteiger partial charge in [-0.25, -0.2) is 0 Å². The Bertz CT molecular complexity index is 277. The molecule has 0 aromatic rings. The predicted octanol–water partition coefficient (Wildman–Crippen LogP) is 2.63. The molecule has 31 heavy (non-hydrogen) atoms. The first kappa shape index (κ1) is 30.7. The minimum atomic E-state index is 0.594. The highest BCUT2D eigenvalue weighted by molar-refractivity contribution is 4.57. The number of nitrogens with zero attached hydrogens (tertiary/aromatic N) is 1. The molecule has 0 saturated carbocycles. The normalized spacial score (nSPS) is 11.6. The third kappa shape index (κ3) is 25.8. The molecule has 0 rings (SSSR count). The van der Waals surface area contributed by atoms with Crippen LogP contribution in [0.1, 0.15) is 39.0 Å². The van der Waals surface area contributed by atoms with Crippen LogP contribution in [0, 0.1) is 0 Å². The van der Waals surface area contributed by atoms with Gasteiger partial charge in [-0.15, -0.1) is 0 Å². The van der Waals surface area contributed by atoms with E-state index in [0.29, 0.717) is 66.1 Å². The smallest absolute Gasteiger partial charge is 0.0701 e. The maximum atomic E-state index is 5.82. The van der Waals surface area contributed by atoms with E-state index in [1.165, 1.54) is 25.7 Å². The Morgan fingerprint density at radius 1 is 0.419 bits per heavy atom. The first-order chi connectivity index (χ1) is 15.3. The van der Waals surface area contributed by atoms with E-state index in [9.17, 15) is 0 Å². The average Bonchev–Trinajstić information content (AvgIpc) is 2.78. The Morgan fingerprint density at radius 3 is 1.26 bits per heavy atom. The van der Waals surface area contributed by atoms with E-state index in [1.807, 2.05) is 0 Å². The zero-order valence-electron chi connectivity index (χ0n) is 20.4. The fourth-order valence-electron chi connectivity index (χ4n) is 2.75. The van der Waals surface area contributed by atoms with E-state index >= 15 is 0 Å². The maximum absolute atomic E-state index is 5.82. The van der Waals surface area contributed by atoms with Gasteiger partial charge in [-0.3, -0.25) is 4.90 Å². The van der Waals surface area contributed by atoms with Crippen LogP contribution in [0.3, 0.4) is 0 Å². The van der Waals surface area contributed by atoms with E-state index in [4.69, 9.17) is 33.2 Å². The summed E-state index contributed by atoms with van der Waals surface area (Å²) in [6.07, 6.45) is 6.32. The van der Waals surface area contributed by atoms with Gasteiger partial charge in [-0.1, -0.05) is 32.6 Å². The van der Waals surface area contributed by atoms with Crippen molar-refractivity contribution in [2.45, 2.75) is 39.0 Å². The fourth-order valence-corrected chi connectivity index (χ4v) is 2.75. The molecule has 0 aromatic heterocycles. The molecule has 0 N–H and O–H groups in total. The van der Waals surface area contributed by atoms with E-state index in [0.717, 1.165) is 39.3 Å². The highest BCUT2D eigenvalue weighted by Gasteiger charge is 2.05. The Kier molecular flexibility index (Phi) is 27.4. The lowest BCUT2D eigenvalue weighted by Crippen LogP contribution is -2.34. The Balaban J connectivity index is 3.82. The predicted molar refractivity (Wildman–Crippen MR) is 123 cm³/mol. The number of methoxy groups -OCH3 is 2. The summed E-state index contributed by atoms with van der Waals surface area (Å²) < 4.78 is 37.9. The molecule has 0 radical (unpaired) electrons. The quantitative estimate of drug-likeness (QED) is 0.177. The van der Waals surface area contributed by atoms with Crippen LogP contribution in [-0.4, -0.2) is 118 Å². The summed E-state index contributed by atoms with van der Waals surface area (Å²) in [7, 11) is 3.34. The topological polar surface area (TPSA) is 67.9 Å². The first-order valence-corrected chi connectivity index (χ1v) is 11.9. The second-order valence-corrected chi connectivity index (χ2v) is 7.30. The van der Waals surface area contributed by atoms with Crippen LogP contribution >= 0.6 is 0 Å². The highest BCUT2D eigenvalue weighted by atomic mass is 16.5. The van der Waals surface area contributed by atoms with Crippen molar-refractivity contribution in [2.24, 2.45) is 0 Å². The molecule has 0 amide bonds. The molecule has 0 bridgehead atoms. The first-order valence-electron chi connectivity index (χ1n) is 11.9. The molecule has 0 saturated heterocycles. The summed E-state index contributed by atoms with van der Waals surface area (Å²) in [6.45, 7) is 12.6. The van der Waals surface area contributed by atoms with Crippen molar-refractivity contribution < 1.29 is 33.2 Å². The van der Waals surface area contributed by atoms with Gasteiger partial charge in [-0.2, -0.15) is 0 Å². The van der Waals surface area contributed by atoms with Crippen molar-refractivity contribution in [1.82, 2.24) is 4.90 Å². The lowest BCUT2D eigenvalue weighted by atomic mass is 10.2. The molecule has 0 unspecified atom stereocenters. The van der Waals surface area contributed by atoms with Crippen LogP contribution in [-0.2, 0) is 33.2 Å². The lowest BCUT2D eigenvalue weighted by molar-refractivity contribution is 0.00534. The van der Waals surface area contributed by atoms with Crippen molar-refractivity contribution >= 4 is 0 Å². The van der Waals surface area contributed by atoms with Crippen molar-refractivity contribution in [2.75, 3.05) is 113 Å². The van der Waals surface area contributed by atoms with E-state index < -0.39 is 0 Å². The Hall–Kier alpha value is -0.320. The van der Waals surface area contributed by atoms with Crippen molar-refractivity contribution in [3.63, 3.8) is 0 Å². The van der Waals surface area contributed by atoms with Crippen molar-refractivity contribution in [1.29, 1.82) is 0 Å². The van der Waals surface area contributed by atoms with Crippen LogP contribution in [0.25, 0.3) is 0 Å². The molecule has 0 aromatic carbocycles. The molecule has 0 atom stereocenters. The Labute approximate surface area is 190 Å². The molecule has 188 valence electrons. The summed E-state index contributed by atoms with van der Waals surface area (Å²) in [5, 5.41) is 0. The second kappa shape index (κ2) is 27.7. The van der Waals surface area contributed by atoms with E-state index in [1.54, 1.807) is 14.2 Å². The van der Waals surface area contributed by atoms with E-state index in [-0.39, 0.29) is 0 Å². The molecule has 0 spiro atoms. The monoisotopic (exact) mass is 451 g/mol. The van der Waals surface area contributed by atoms with Gasteiger partial charge in [0, 0.05) is 40.5 Å². The van der Waals surface area contributed by atoms with Crippen LogP contribution in [0.15, 0.2) is 0 Å². The van der Waals surface area contributed by atoms with Gasteiger partial charge < -0.3 is 33.2 Å². The van der Waals surface area contributed by atoms with Crippen LogP contribution in [0.5, 0.6) is 0 Å². The van der Waals surface area contributed by atoms with Gasteiger partial charge in [0.05, 0.1) is 72.7 Å². The van der Waals surface area contributed by atoms with Gasteiger partial charge in [0.25, 0.3) is 0 Å². The third-order valence-corrected chi connectivity index (χ3v) is 4.66. The minimum Gasteiger partial charge on any atom is -0.382 e. The average molecular weight is 452 g/mol. The largest absolute Gasteiger partial charge is 0.382 e. The third-order valence-electron chi connectivity index (χ3n) is 4.66. The number of hydrogen-bond donors (Lipinski definition) is 0. The lowest BCUT2D eigenvalue weighted by Gasteiger charge is -2.22. The van der Waals surface area contributed by atoms with Crippen molar-refractivity contribution in [3.05, 3.63) is 0 Å². The van der Waals surface area contributed by atoms with Gasteiger partial charge in [0.1, 0.15) is 0 Å². The van der Waals surface area contributed by atoms with E-state index in [2.05, 4.69) is 11.8 Å². The second-order valence-electron chi connectivity index (χ2n) is 7.30. The molecule has 0 aliphatic carbocycles. The minimum absolute atomic E-state index is 0.594. The number of rotatable bonds is 27. The van der Waals surface area contributed by atoms with Crippen LogP contribution in [0.4, 0.5) is 0 Å². The summed E-state index contributed by atoms with van der Waals surface area (Å²) in [5.41, 5.74) is 0. The zero-order chi connectivity index (χ0) is 22.7. The molecule has 0 aliphatic rings. The number of ether oxygens (including phenoxy) is 7. The number of unbranched alkanes of at least 4 members (excludes halogenated alkanes) is 4. The number of hydrogen-bond acceptors (Lipinski definition) is 8. The SMILES string of the molecule is CCCCCCCOCCN(CCOCCOCCOC)CCOCCOCCOC. The summed E-state index contributed by atoms with van der Waals surface area (Å²) >= 11 is 0. The van der Waals surface area contributed by atoms with Gasteiger partial charge in [0.2, 0.25) is 0 Å². The van der Waals surface area contributed by atoms with Gasteiger partial charge in [0.15, 0.2) is 0 Å². The summed E-state index contributed by atoms with van der Waals surface area (Å²) in [6, 6.07) is 0. The highest BCUT2D eigenvalue weighted by Crippen LogP contribution is 2.02. The molecule has 0 aliphatic heterocycles. The standard InChI is InChI=1S/C23H49NO7/c1-4-5-6-7-8-12-27-13-9-24(10-14-28-20-22-30-18-16-25-2)11-15-29-21-23-31-19-17-26-3/h4-23H2,1-3H3. The molecule has 0 fully saturated rings. The van der Waals surface area contributed by atoms with Gasteiger partial charge >= 0.3 is 0 Å².